The van der Waals surface area contributed by atoms with Crippen LogP contribution in [-0.4, -0.2) is 0 Å². The van der Waals surface area contributed by atoms with Gasteiger partial charge in [-0.15, -0.1) is 6.92 Å². The molecule has 61 valence electrons. The molecule has 0 saturated carbocycles. The van der Waals surface area contributed by atoms with Crippen LogP contribution in [0.15, 0.2) is 17.2 Å². The second kappa shape index (κ2) is 7.58. The smallest absolute Gasteiger partial charge is 1.00 e. The number of allylic oxidation sites excluding steroid dienone is 4. The van der Waals surface area contributed by atoms with Gasteiger partial charge in [-0.3, -0.25) is 6.08 Å². The molecule has 0 aromatic heterocycles. The first-order chi connectivity index (χ1) is 3.70. The van der Waals surface area contributed by atoms with E-state index in [2.05, 4.69) is 32.9 Å². The summed E-state index contributed by atoms with van der Waals surface area (Å²) in [4.78, 5) is 0. The van der Waals surface area contributed by atoms with Gasteiger partial charge in [-0.05, 0) is 0 Å². The van der Waals surface area contributed by atoms with Crippen molar-refractivity contribution in [2.75, 3.05) is 0 Å². The summed E-state index contributed by atoms with van der Waals surface area (Å²) in [5, 5.41) is 0. The topological polar surface area (TPSA) is 0 Å². The predicted octanol–water partition coefficient (Wildman–Crippen LogP) is -3.66. The molecular weight excluding hydrogens is 258 g/mol. The molecule has 0 bridgehead atoms. The molecule has 0 amide bonds. The first-order valence-corrected chi connectivity index (χ1v) is 2.99. The zero-order valence-corrected chi connectivity index (χ0v) is 10.9. The molecule has 0 fully saturated rings. The average molecular weight is 269 g/mol. The third-order valence-electron chi connectivity index (χ3n) is 1.54. The molecule has 0 aliphatic heterocycles. The molecule has 0 aromatic rings. The Morgan fingerprint density at radius 1 is 1.27 bits per heavy atom. The van der Waals surface area contributed by atoms with Crippen LogP contribution >= 0.6 is 0 Å². The molecule has 11 heavy (non-hydrogen) atoms. The first kappa shape index (κ1) is 17.9. The van der Waals surface area contributed by atoms with E-state index in [9.17, 15) is 0 Å². The van der Waals surface area contributed by atoms with Crippen molar-refractivity contribution in [2.45, 2.75) is 20.8 Å². The van der Waals surface area contributed by atoms with Gasteiger partial charge >= 0.3 is 26.2 Å². The second-order valence-corrected chi connectivity index (χ2v) is 2.41. The summed E-state index contributed by atoms with van der Waals surface area (Å²) in [7, 11) is 0. The molecule has 1 unspecified atom stereocenters. The van der Waals surface area contributed by atoms with Gasteiger partial charge < -0.3 is 24.8 Å². The van der Waals surface area contributed by atoms with Crippen LogP contribution in [0, 0.1) is 12.0 Å². The molecule has 0 N–H and O–H groups in total. The maximum atomic E-state index is 3.29. The number of hydrogen-bond donors (Lipinski definition) is 0. The molecule has 0 nitrogen and oxygen atoms in total. The van der Waals surface area contributed by atoms with Crippen molar-refractivity contribution in [2.24, 2.45) is 5.92 Å². The van der Waals surface area contributed by atoms with Crippen molar-refractivity contribution in [3.8, 4) is 0 Å². The predicted molar refractivity (Wildman–Crippen MR) is 35.4 cm³/mol. The van der Waals surface area contributed by atoms with Crippen molar-refractivity contribution in [3.63, 3.8) is 0 Å². The number of hydrogen-bond acceptors (Lipinski definition) is 0. The minimum atomic E-state index is 0. The van der Waals surface area contributed by atoms with Gasteiger partial charge in [0.25, 0.3) is 0 Å². The maximum absolute atomic E-state index is 3.29. The Morgan fingerprint density at radius 2 is 1.73 bits per heavy atom. The van der Waals surface area contributed by atoms with Crippen molar-refractivity contribution in [1.29, 1.82) is 0 Å². The molecule has 1 rings (SSSR count). The monoisotopic (exact) mass is 267 g/mol. The Labute approximate surface area is 100 Å². The third-order valence-corrected chi connectivity index (χ3v) is 1.54. The van der Waals surface area contributed by atoms with E-state index < -0.39 is 0 Å². The molecule has 1 radical (unpaired) electrons. The number of halogens is 2. The summed E-state index contributed by atoms with van der Waals surface area (Å²) in [6.45, 7) is 6.39. The van der Waals surface area contributed by atoms with E-state index in [1.54, 1.807) is 0 Å². The summed E-state index contributed by atoms with van der Waals surface area (Å²) in [6, 6.07) is 0. The standard InChI is InChI=1S/C8H11.2ClH.Zr/c1-6-4-7(2)8(3)5-6;;;/h4,6H,1-3H3;2*1H;/q-1;;;+3/p-2. The normalized spacial score (nSPS) is 20.1. The first-order valence-electron chi connectivity index (χ1n) is 2.99. The van der Waals surface area contributed by atoms with Gasteiger partial charge in [-0.2, -0.15) is 6.08 Å². The van der Waals surface area contributed by atoms with Crippen LogP contribution in [0.3, 0.4) is 0 Å². The van der Waals surface area contributed by atoms with Crippen LogP contribution in [-0.2, 0) is 26.2 Å². The Morgan fingerprint density at radius 3 is 1.82 bits per heavy atom. The van der Waals surface area contributed by atoms with E-state index in [1.807, 2.05) is 0 Å². The van der Waals surface area contributed by atoms with Gasteiger partial charge in [0.05, 0.1) is 0 Å². The van der Waals surface area contributed by atoms with Gasteiger partial charge in [0.1, 0.15) is 0 Å². The minimum absolute atomic E-state index is 0. The molecule has 1 aliphatic carbocycles. The van der Waals surface area contributed by atoms with Crippen molar-refractivity contribution < 1.29 is 51.0 Å². The van der Waals surface area contributed by atoms with Gasteiger partial charge in [-0.25, -0.2) is 11.1 Å². The van der Waals surface area contributed by atoms with Gasteiger partial charge in [0, 0.05) is 0 Å². The van der Waals surface area contributed by atoms with Crippen molar-refractivity contribution >= 4 is 0 Å². The molecule has 0 spiro atoms. The van der Waals surface area contributed by atoms with Gasteiger partial charge in [0.15, 0.2) is 0 Å². The van der Waals surface area contributed by atoms with E-state index in [-0.39, 0.29) is 51.0 Å². The summed E-state index contributed by atoms with van der Waals surface area (Å²) < 4.78 is 0. The fourth-order valence-electron chi connectivity index (χ4n) is 0.997. The molecule has 3 heteroatoms. The average Bonchev–Trinajstić information content (AvgIpc) is 1.85. The zero-order chi connectivity index (χ0) is 6.15. The van der Waals surface area contributed by atoms with Crippen molar-refractivity contribution in [1.82, 2.24) is 0 Å². The van der Waals surface area contributed by atoms with Crippen LogP contribution in [0.4, 0.5) is 0 Å². The van der Waals surface area contributed by atoms with E-state index in [0.717, 1.165) is 0 Å². The van der Waals surface area contributed by atoms with Crippen molar-refractivity contribution in [3.05, 3.63) is 23.3 Å². The Balaban J connectivity index is -0.000000213. The molecule has 1 atom stereocenters. The van der Waals surface area contributed by atoms with E-state index >= 15 is 0 Å². The fraction of sp³-hybridized carbons (Fsp3) is 0.500. The second-order valence-electron chi connectivity index (χ2n) is 2.41. The largest absolute Gasteiger partial charge is 3.00 e. The molecule has 0 aromatic carbocycles. The Kier molecular flexibility index (Phi) is 12.3. The van der Waals surface area contributed by atoms with E-state index in [4.69, 9.17) is 0 Å². The minimum Gasteiger partial charge on any atom is -1.00 e. The van der Waals surface area contributed by atoms with E-state index in [1.165, 1.54) is 11.1 Å². The summed E-state index contributed by atoms with van der Waals surface area (Å²) in [5.41, 5.74) is 2.70. The molecular formula is C8H11Cl2Zr. The Hall–Kier alpha value is 0.943. The zero-order valence-electron chi connectivity index (χ0n) is 6.91. The maximum Gasteiger partial charge on any atom is 3.00 e. The molecule has 0 heterocycles. The van der Waals surface area contributed by atoms with E-state index in [0.29, 0.717) is 5.92 Å². The SMILES string of the molecule is CC1=[C-]C(C)C=C1C.[Cl-].[Cl-].[Zr+3]. The molecule has 1 aliphatic rings. The fourth-order valence-corrected chi connectivity index (χ4v) is 0.997. The quantitative estimate of drug-likeness (QED) is 0.398. The third kappa shape index (κ3) is 5.22. The Bertz CT molecular complexity index is 143. The number of rotatable bonds is 0. The van der Waals surface area contributed by atoms with Crippen LogP contribution in [0.1, 0.15) is 20.8 Å². The van der Waals surface area contributed by atoms with Crippen LogP contribution in [0.2, 0.25) is 0 Å². The summed E-state index contributed by atoms with van der Waals surface area (Å²) in [5.74, 6) is 0.551. The van der Waals surface area contributed by atoms with Crippen LogP contribution in [0.25, 0.3) is 0 Å². The van der Waals surface area contributed by atoms with Gasteiger partial charge in [-0.1, -0.05) is 19.8 Å². The molecule has 0 saturated heterocycles. The summed E-state index contributed by atoms with van der Waals surface area (Å²) in [6.07, 6.45) is 5.52. The van der Waals surface area contributed by atoms with Crippen LogP contribution in [0.5, 0.6) is 0 Å². The van der Waals surface area contributed by atoms with Crippen LogP contribution < -0.4 is 24.8 Å². The van der Waals surface area contributed by atoms with Gasteiger partial charge in [0.2, 0.25) is 0 Å². The summed E-state index contributed by atoms with van der Waals surface area (Å²) >= 11 is 0.